The highest BCUT2D eigenvalue weighted by molar-refractivity contribution is 7.92. The van der Waals surface area contributed by atoms with Gasteiger partial charge in [-0.25, -0.2) is 8.42 Å². The molecule has 3 aromatic carbocycles. The normalized spacial score (nSPS) is 12.1. The maximum Gasteiger partial charge on any atom is 0.265 e. The van der Waals surface area contributed by atoms with Crippen LogP contribution in [-0.2, 0) is 14.8 Å². The van der Waals surface area contributed by atoms with Crippen molar-refractivity contribution in [2.45, 2.75) is 24.3 Å². The number of ether oxygens (including phenoxy) is 1. The van der Waals surface area contributed by atoms with Gasteiger partial charge in [0.1, 0.15) is 5.75 Å². The van der Waals surface area contributed by atoms with Gasteiger partial charge in [-0.2, -0.15) is 0 Å². The summed E-state index contributed by atoms with van der Waals surface area (Å²) in [6.45, 7) is 1.82. The largest absolute Gasteiger partial charge is 0.479 e. The summed E-state index contributed by atoms with van der Waals surface area (Å²) in [5.41, 5.74) is 0.834. The Morgan fingerprint density at radius 1 is 0.935 bits per heavy atom. The third-order valence-electron chi connectivity index (χ3n) is 4.30. The van der Waals surface area contributed by atoms with Gasteiger partial charge < -0.3 is 10.1 Å². The number of halogens is 2. The van der Waals surface area contributed by atoms with Crippen LogP contribution in [0.5, 0.6) is 5.75 Å². The van der Waals surface area contributed by atoms with E-state index in [2.05, 4.69) is 10.0 Å². The molecule has 0 saturated carbocycles. The van der Waals surface area contributed by atoms with E-state index in [4.69, 9.17) is 27.9 Å². The van der Waals surface area contributed by atoms with Crippen LogP contribution in [0.1, 0.15) is 13.3 Å². The first kappa shape index (κ1) is 22.9. The Balaban J connectivity index is 1.67. The van der Waals surface area contributed by atoms with Crippen LogP contribution in [0.3, 0.4) is 0 Å². The lowest BCUT2D eigenvalue weighted by Gasteiger charge is -2.18. The summed E-state index contributed by atoms with van der Waals surface area (Å²) in [5, 5.41) is 3.65. The lowest BCUT2D eigenvalue weighted by molar-refractivity contribution is -0.122. The second kappa shape index (κ2) is 10.0. The van der Waals surface area contributed by atoms with Crippen molar-refractivity contribution in [2.75, 3.05) is 10.0 Å². The molecule has 1 amide bonds. The molecular weight excluding hydrogens is 459 g/mol. The molecule has 0 fully saturated rings. The fourth-order valence-corrected chi connectivity index (χ4v) is 4.05. The molecule has 6 nitrogen and oxygen atoms in total. The van der Waals surface area contributed by atoms with Crippen molar-refractivity contribution in [2.24, 2.45) is 0 Å². The highest BCUT2D eigenvalue weighted by Gasteiger charge is 2.20. The van der Waals surface area contributed by atoms with Crippen molar-refractivity contribution < 1.29 is 17.9 Å². The summed E-state index contributed by atoms with van der Waals surface area (Å²) in [5.74, 6) is 0.0539. The van der Waals surface area contributed by atoms with Gasteiger partial charge in [0.25, 0.3) is 15.9 Å². The number of rotatable bonds is 8. The number of carbonyl (C=O) groups is 1. The number of hydrogen-bond donors (Lipinski definition) is 2. The third-order valence-corrected chi connectivity index (χ3v) is 6.26. The fraction of sp³-hybridized carbons (Fsp3) is 0.136. The zero-order valence-corrected chi connectivity index (χ0v) is 18.8. The summed E-state index contributed by atoms with van der Waals surface area (Å²) in [6, 6.07) is 19.1. The van der Waals surface area contributed by atoms with Crippen molar-refractivity contribution >= 4 is 50.5 Å². The van der Waals surface area contributed by atoms with Crippen LogP contribution in [-0.4, -0.2) is 20.4 Å². The third kappa shape index (κ3) is 6.13. The van der Waals surface area contributed by atoms with E-state index >= 15 is 0 Å². The molecule has 1 atom stereocenters. The Labute approximate surface area is 191 Å². The van der Waals surface area contributed by atoms with Crippen LogP contribution in [0.25, 0.3) is 0 Å². The minimum Gasteiger partial charge on any atom is -0.479 e. The number of sulfonamides is 1. The number of carbonyl (C=O) groups excluding carboxylic acids is 1. The van der Waals surface area contributed by atoms with Crippen LogP contribution < -0.4 is 14.8 Å². The van der Waals surface area contributed by atoms with E-state index in [0.29, 0.717) is 33.6 Å². The van der Waals surface area contributed by atoms with E-state index in [1.165, 1.54) is 24.3 Å². The molecule has 0 unspecified atom stereocenters. The van der Waals surface area contributed by atoms with Crippen molar-refractivity contribution in [1.82, 2.24) is 0 Å². The van der Waals surface area contributed by atoms with Gasteiger partial charge in [0.15, 0.2) is 6.10 Å². The average molecular weight is 479 g/mol. The molecule has 0 spiro atoms. The molecule has 0 aliphatic rings. The molecule has 0 radical (unpaired) electrons. The Hall–Kier alpha value is -2.74. The monoisotopic (exact) mass is 478 g/mol. The summed E-state index contributed by atoms with van der Waals surface area (Å²) in [4.78, 5) is 12.6. The van der Waals surface area contributed by atoms with Crippen molar-refractivity contribution in [3.8, 4) is 5.75 Å². The summed E-state index contributed by atoms with van der Waals surface area (Å²) in [7, 11) is -3.78. The molecule has 31 heavy (non-hydrogen) atoms. The first-order valence-corrected chi connectivity index (χ1v) is 11.6. The van der Waals surface area contributed by atoms with E-state index in [-0.39, 0.29) is 10.8 Å². The molecule has 0 aliphatic carbocycles. The smallest absolute Gasteiger partial charge is 0.265 e. The summed E-state index contributed by atoms with van der Waals surface area (Å²) in [6.07, 6.45) is -0.330. The number of nitrogens with one attached hydrogen (secondary N) is 2. The standard InChI is InChI=1S/C22H20Cl2N2O4S/c1-2-20(30-21-6-4-3-5-19(21)24)22(27)25-16-11-13-18(14-12-16)31(28,29)26-17-9-7-15(23)8-10-17/h3-14,20,26H,2H2,1H3,(H,25,27)/t20-/m1/s1. The van der Waals surface area contributed by atoms with Crippen molar-refractivity contribution in [3.63, 3.8) is 0 Å². The van der Waals surface area contributed by atoms with Crippen LogP contribution >= 0.6 is 23.2 Å². The maximum absolute atomic E-state index is 12.6. The second-order valence-corrected chi connectivity index (χ2v) is 9.10. The molecule has 0 bridgehead atoms. The number of para-hydroxylation sites is 1. The van der Waals surface area contributed by atoms with E-state index < -0.39 is 16.1 Å². The van der Waals surface area contributed by atoms with Gasteiger partial charge in [-0.15, -0.1) is 0 Å². The second-order valence-electron chi connectivity index (χ2n) is 6.57. The Bertz CT molecular complexity index is 1150. The fourth-order valence-electron chi connectivity index (χ4n) is 2.69. The Kier molecular flexibility index (Phi) is 7.43. The summed E-state index contributed by atoms with van der Waals surface area (Å²) >= 11 is 11.9. The van der Waals surface area contributed by atoms with Gasteiger partial charge >= 0.3 is 0 Å². The molecule has 3 aromatic rings. The number of amides is 1. The van der Waals surface area contributed by atoms with Gasteiger partial charge in [0.05, 0.1) is 9.92 Å². The Morgan fingerprint density at radius 2 is 1.55 bits per heavy atom. The van der Waals surface area contributed by atoms with Gasteiger partial charge in [-0.1, -0.05) is 42.3 Å². The zero-order chi connectivity index (χ0) is 22.4. The molecule has 162 valence electrons. The Morgan fingerprint density at radius 3 is 2.16 bits per heavy atom. The molecule has 0 aromatic heterocycles. The lowest BCUT2D eigenvalue weighted by Crippen LogP contribution is -2.32. The first-order chi connectivity index (χ1) is 14.8. The number of benzene rings is 3. The van der Waals surface area contributed by atoms with Gasteiger partial charge in [-0.05, 0) is 67.1 Å². The molecule has 0 aliphatic heterocycles. The zero-order valence-electron chi connectivity index (χ0n) is 16.5. The number of anilines is 2. The molecule has 0 saturated heterocycles. The quantitative estimate of drug-likeness (QED) is 0.441. The van der Waals surface area contributed by atoms with E-state index in [1.54, 1.807) is 48.5 Å². The van der Waals surface area contributed by atoms with Crippen LogP contribution in [0.2, 0.25) is 10.0 Å². The van der Waals surface area contributed by atoms with Crippen molar-refractivity contribution in [1.29, 1.82) is 0 Å². The molecular formula is C22H20Cl2N2O4S. The molecule has 9 heteroatoms. The predicted octanol–water partition coefficient (Wildman–Crippen LogP) is 5.59. The first-order valence-electron chi connectivity index (χ1n) is 9.39. The van der Waals surface area contributed by atoms with Gasteiger partial charge in [0, 0.05) is 16.4 Å². The minimum atomic E-state index is -3.78. The topological polar surface area (TPSA) is 84.5 Å². The van der Waals surface area contributed by atoms with E-state index in [1.807, 2.05) is 6.92 Å². The average Bonchev–Trinajstić information content (AvgIpc) is 2.75. The highest BCUT2D eigenvalue weighted by atomic mass is 35.5. The van der Waals surface area contributed by atoms with Crippen molar-refractivity contribution in [3.05, 3.63) is 82.8 Å². The van der Waals surface area contributed by atoms with Crippen LogP contribution in [0.4, 0.5) is 11.4 Å². The van der Waals surface area contributed by atoms with Crippen LogP contribution in [0.15, 0.2) is 77.7 Å². The van der Waals surface area contributed by atoms with Gasteiger partial charge in [0.2, 0.25) is 0 Å². The summed E-state index contributed by atoms with van der Waals surface area (Å²) < 4.78 is 33.3. The molecule has 0 heterocycles. The molecule has 3 rings (SSSR count). The highest BCUT2D eigenvalue weighted by Crippen LogP contribution is 2.25. The van der Waals surface area contributed by atoms with E-state index in [9.17, 15) is 13.2 Å². The number of hydrogen-bond acceptors (Lipinski definition) is 4. The van der Waals surface area contributed by atoms with E-state index in [0.717, 1.165) is 0 Å². The minimum absolute atomic E-state index is 0.0554. The maximum atomic E-state index is 12.6. The molecule has 2 N–H and O–H groups in total. The van der Waals surface area contributed by atoms with Crippen LogP contribution in [0, 0.1) is 0 Å². The predicted molar refractivity (Wildman–Crippen MR) is 123 cm³/mol. The lowest BCUT2D eigenvalue weighted by atomic mass is 10.2. The van der Waals surface area contributed by atoms with Gasteiger partial charge in [-0.3, -0.25) is 9.52 Å². The SMILES string of the molecule is CC[C@@H](Oc1ccccc1Cl)C(=O)Nc1ccc(S(=O)(=O)Nc2ccc(Cl)cc2)cc1.